The summed E-state index contributed by atoms with van der Waals surface area (Å²) in [7, 11) is 0. The van der Waals surface area contributed by atoms with Crippen LogP contribution in [0.2, 0.25) is 5.02 Å². The highest BCUT2D eigenvalue weighted by atomic mass is 35.5. The van der Waals surface area contributed by atoms with E-state index in [4.69, 9.17) is 11.6 Å². The summed E-state index contributed by atoms with van der Waals surface area (Å²) in [6, 6.07) is 6.33. The van der Waals surface area contributed by atoms with Crippen molar-refractivity contribution in [1.29, 1.82) is 0 Å². The summed E-state index contributed by atoms with van der Waals surface area (Å²) < 4.78 is 0. The van der Waals surface area contributed by atoms with Gasteiger partial charge in [0.25, 0.3) is 0 Å². The minimum absolute atomic E-state index is 0.867. The highest BCUT2D eigenvalue weighted by molar-refractivity contribution is 6.30. The molecule has 0 saturated heterocycles. The standard InChI is InChI=1S/C13H14ClN/c14-11-3-4-12-9(7-11)1-2-10-8-15-6-5-13(10)12/h3-4,7,15H,1-2,5-6,8H2. The zero-order chi connectivity index (χ0) is 10.3. The molecule has 0 atom stereocenters. The molecule has 0 saturated carbocycles. The van der Waals surface area contributed by atoms with E-state index in [9.17, 15) is 0 Å². The van der Waals surface area contributed by atoms with Crippen molar-refractivity contribution in [1.82, 2.24) is 5.32 Å². The summed E-state index contributed by atoms with van der Waals surface area (Å²) in [6.07, 6.45) is 3.52. The Morgan fingerprint density at radius 1 is 1.13 bits per heavy atom. The molecule has 0 fully saturated rings. The van der Waals surface area contributed by atoms with Crippen molar-refractivity contribution >= 4 is 17.2 Å². The molecule has 1 aliphatic heterocycles. The molecule has 78 valence electrons. The lowest BCUT2D eigenvalue weighted by atomic mass is 9.82. The van der Waals surface area contributed by atoms with Crippen molar-refractivity contribution in [3.8, 4) is 0 Å². The third kappa shape index (κ3) is 1.60. The van der Waals surface area contributed by atoms with Gasteiger partial charge in [0.15, 0.2) is 0 Å². The second-order valence-electron chi connectivity index (χ2n) is 4.31. The fourth-order valence-electron chi connectivity index (χ4n) is 2.65. The molecule has 1 aromatic carbocycles. The molecule has 15 heavy (non-hydrogen) atoms. The number of fused-ring (bicyclic) bond motifs is 2. The van der Waals surface area contributed by atoms with Crippen LogP contribution < -0.4 is 5.32 Å². The van der Waals surface area contributed by atoms with Gasteiger partial charge in [-0.05, 0) is 54.6 Å². The van der Waals surface area contributed by atoms with Gasteiger partial charge in [0, 0.05) is 11.6 Å². The Balaban J connectivity index is 2.12. The predicted molar refractivity (Wildman–Crippen MR) is 64.2 cm³/mol. The van der Waals surface area contributed by atoms with E-state index >= 15 is 0 Å². The zero-order valence-corrected chi connectivity index (χ0v) is 9.40. The first kappa shape index (κ1) is 9.44. The number of aryl methyl sites for hydroxylation is 1. The van der Waals surface area contributed by atoms with E-state index in [0.29, 0.717) is 0 Å². The Kier molecular flexibility index (Phi) is 2.30. The SMILES string of the molecule is Clc1ccc2c(c1)CCC1=C2CCNC1. The monoisotopic (exact) mass is 219 g/mol. The number of hydrogen-bond donors (Lipinski definition) is 1. The molecule has 1 aliphatic carbocycles. The number of benzene rings is 1. The van der Waals surface area contributed by atoms with Gasteiger partial charge < -0.3 is 5.32 Å². The van der Waals surface area contributed by atoms with Gasteiger partial charge in [-0.25, -0.2) is 0 Å². The Hall–Kier alpha value is -0.790. The zero-order valence-electron chi connectivity index (χ0n) is 8.65. The summed E-state index contributed by atoms with van der Waals surface area (Å²) in [5.74, 6) is 0. The fourth-order valence-corrected chi connectivity index (χ4v) is 2.84. The molecule has 1 nitrogen and oxygen atoms in total. The molecule has 2 heteroatoms. The van der Waals surface area contributed by atoms with Gasteiger partial charge in [0.05, 0.1) is 0 Å². The molecule has 3 rings (SSSR count). The number of halogens is 1. The largest absolute Gasteiger partial charge is 0.313 e. The van der Waals surface area contributed by atoms with Crippen LogP contribution in [0.4, 0.5) is 0 Å². The average Bonchev–Trinajstić information content (AvgIpc) is 2.28. The normalized spacial score (nSPS) is 19.8. The van der Waals surface area contributed by atoms with E-state index in [-0.39, 0.29) is 0 Å². The molecular formula is C13H14ClN. The Bertz CT molecular complexity index is 434. The minimum Gasteiger partial charge on any atom is -0.313 e. The van der Waals surface area contributed by atoms with E-state index in [2.05, 4.69) is 17.4 Å². The minimum atomic E-state index is 0.867. The summed E-state index contributed by atoms with van der Waals surface area (Å²) in [5.41, 5.74) is 6.06. The van der Waals surface area contributed by atoms with Gasteiger partial charge in [-0.2, -0.15) is 0 Å². The first-order valence-corrected chi connectivity index (χ1v) is 5.93. The molecule has 0 radical (unpaired) electrons. The van der Waals surface area contributed by atoms with Crippen LogP contribution in [0.3, 0.4) is 0 Å². The lowest BCUT2D eigenvalue weighted by Gasteiger charge is -2.27. The van der Waals surface area contributed by atoms with Crippen LogP contribution in [0, 0.1) is 0 Å². The van der Waals surface area contributed by atoms with E-state index in [1.54, 1.807) is 11.1 Å². The van der Waals surface area contributed by atoms with Gasteiger partial charge in [-0.1, -0.05) is 23.2 Å². The molecule has 0 unspecified atom stereocenters. The quantitative estimate of drug-likeness (QED) is 0.707. The Morgan fingerprint density at radius 3 is 3.00 bits per heavy atom. The van der Waals surface area contributed by atoms with Crippen LogP contribution in [0.25, 0.3) is 5.57 Å². The van der Waals surface area contributed by atoms with Crippen LogP contribution in [0.1, 0.15) is 24.0 Å². The van der Waals surface area contributed by atoms with E-state index in [0.717, 1.165) is 24.5 Å². The molecule has 0 aromatic heterocycles. The number of rotatable bonds is 0. The van der Waals surface area contributed by atoms with Crippen LogP contribution in [0.15, 0.2) is 23.8 Å². The van der Waals surface area contributed by atoms with E-state index in [1.807, 2.05) is 6.07 Å². The molecule has 1 N–H and O–H groups in total. The Labute approximate surface area is 95.1 Å². The third-order valence-electron chi connectivity index (χ3n) is 3.41. The Morgan fingerprint density at radius 2 is 2.07 bits per heavy atom. The van der Waals surface area contributed by atoms with E-state index in [1.165, 1.54) is 24.0 Å². The van der Waals surface area contributed by atoms with Crippen LogP contribution >= 0.6 is 11.6 Å². The smallest absolute Gasteiger partial charge is 0.0409 e. The fraction of sp³-hybridized carbons (Fsp3) is 0.385. The lowest BCUT2D eigenvalue weighted by Crippen LogP contribution is -2.26. The van der Waals surface area contributed by atoms with Crippen molar-refractivity contribution in [3.63, 3.8) is 0 Å². The van der Waals surface area contributed by atoms with Crippen molar-refractivity contribution < 1.29 is 0 Å². The second kappa shape index (κ2) is 3.66. The molecule has 0 amide bonds. The second-order valence-corrected chi connectivity index (χ2v) is 4.75. The molecule has 1 heterocycles. The van der Waals surface area contributed by atoms with Crippen molar-refractivity contribution in [2.75, 3.05) is 13.1 Å². The van der Waals surface area contributed by atoms with Gasteiger partial charge in [0.2, 0.25) is 0 Å². The van der Waals surface area contributed by atoms with Gasteiger partial charge >= 0.3 is 0 Å². The molecule has 1 aromatic rings. The summed E-state index contributed by atoms with van der Waals surface area (Å²) >= 11 is 6.02. The lowest BCUT2D eigenvalue weighted by molar-refractivity contribution is 0.678. The number of nitrogens with one attached hydrogen (secondary N) is 1. The average molecular weight is 220 g/mol. The summed E-state index contributed by atoms with van der Waals surface area (Å²) in [6.45, 7) is 2.19. The van der Waals surface area contributed by atoms with Crippen LogP contribution in [0.5, 0.6) is 0 Å². The maximum Gasteiger partial charge on any atom is 0.0409 e. The predicted octanol–water partition coefficient (Wildman–Crippen LogP) is 3.03. The maximum absolute atomic E-state index is 6.02. The summed E-state index contributed by atoms with van der Waals surface area (Å²) in [4.78, 5) is 0. The maximum atomic E-state index is 6.02. The molecule has 0 bridgehead atoms. The highest BCUT2D eigenvalue weighted by Crippen LogP contribution is 2.35. The van der Waals surface area contributed by atoms with Gasteiger partial charge in [-0.3, -0.25) is 0 Å². The van der Waals surface area contributed by atoms with Gasteiger partial charge in [0.1, 0.15) is 0 Å². The van der Waals surface area contributed by atoms with Crippen molar-refractivity contribution in [2.45, 2.75) is 19.3 Å². The summed E-state index contributed by atoms with van der Waals surface area (Å²) in [5, 5.41) is 4.31. The molecule has 0 spiro atoms. The number of hydrogen-bond acceptors (Lipinski definition) is 1. The molecule has 2 aliphatic rings. The first-order chi connectivity index (χ1) is 7.34. The highest BCUT2D eigenvalue weighted by Gasteiger charge is 2.20. The molecular weight excluding hydrogens is 206 g/mol. The first-order valence-electron chi connectivity index (χ1n) is 5.55. The van der Waals surface area contributed by atoms with Crippen LogP contribution in [-0.2, 0) is 6.42 Å². The third-order valence-corrected chi connectivity index (χ3v) is 3.64. The van der Waals surface area contributed by atoms with E-state index < -0.39 is 0 Å². The van der Waals surface area contributed by atoms with Crippen LogP contribution in [-0.4, -0.2) is 13.1 Å². The van der Waals surface area contributed by atoms with Crippen molar-refractivity contribution in [2.24, 2.45) is 0 Å². The topological polar surface area (TPSA) is 12.0 Å². The van der Waals surface area contributed by atoms with Crippen molar-refractivity contribution in [3.05, 3.63) is 39.9 Å². The van der Waals surface area contributed by atoms with Gasteiger partial charge in [-0.15, -0.1) is 0 Å².